The Morgan fingerprint density at radius 3 is 2.43 bits per heavy atom. The smallest absolute Gasteiger partial charge is 0.260 e. The Morgan fingerprint density at radius 2 is 1.68 bits per heavy atom. The summed E-state index contributed by atoms with van der Waals surface area (Å²) in [6.45, 7) is 2.01. The van der Waals surface area contributed by atoms with E-state index in [-0.39, 0.29) is 5.91 Å². The average Bonchev–Trinajstić information content (AvgIpc) is 3.19. The van der Waals surface area contributed by atoms with E-state index in [9.17, 15) is 9.18 Å². The molecular weight excluding hydrogens is 357 g/mol. The summed E-state index contributed by atoms with van der Waals surface area (Å²) in [5.41, 5.74) is 3.46. The van der Waals surface area contributed by atoms with Crippen LogP contribution in [0.4, 0.5) is 10.1 Å². The molecule has 5 nitrogen and oxygen atoms in total. The van der Waals surface area contributed by atoms with E-state index < -0.39 is 5.82 Å². The summed E-state index contributed by atoms with van der Waals surface area (Å²) in [6, 6.07) is 20.3. The van der Waals surface area contributed by atoms with Gasteiger partial charge in [0.15, 0.2) is 0 Å². The molecule has 6 heteroatoms. The van der Waals surface area contributed by atoms with Crippen LogP contribution < -0.4 is 5.32 Å². The van der Waals surface area contributed by atoms with E-state index in [0.29, 0.717) is 28.5 Å². The minimum atomic E-state index is -0.397. The number of anilines is 1. The summed E-state index contributed by atoms with van der Waals surface area (Å²) in [7, 11) is 0. The van der Waals surface area contributed by atoms with Crippen molar-refractivity contribution in [2.24, 2.45) is 0 Å². The van der Waals surface area contributed by atoms with E-state index in [0.717, 1.165) is 11.1 Å². The first kappa shape index (κ1) is 17.6. The van der Waals surface area contributed by atoms with E-state index in [1.165, 1.54) is 24.3 Å². The van der Waals surface area contributed by atoms with Crippen LogP contribution in [-0.4, -0.2) is 16.0 Å². The second kappa shape index (κ2) is 7.44. The molecule has 0 radical (unpaired) electrons. The number of halogens is 1. The second-order valence-electron chi connectivity index (χ2n) is 6.30. The van der Waals surface area contributed by atoms with Crippen LogP contribution in [0.1, 0.15) is 15.9 Å². The Hall–Kier alpha value is -3.80. The van der Waals surface area contributed by atoms with Crippen LogP contribution in [0, 0.1) is 12.7 Å². The van der Waals surface area contributed by atoms with Gasteiger partial charge in [0, 0.05) is 11.1 Å². The third-order valence-corrected chi connectivity index (χ3v) is 4.25. The number of hydrogen-bond donors (Lipinski definition) is 1. The van der Waals surface area contributed by atoms with Crippen LogP contribution in [0.3, 0.4) is 0 Å². The van der Waals surface area contributed by atoms with Gasteiger partial charge in [-0.3, -0.25) is 4.79 Å². The first-order chi connectivity index (χ1) is 13.6. The molecule has 0 aliphatic carbocycles. The van der Waals surface area contributed by atoms with E-state index in [1.807, 2.05) is 37.3 Å². The van der Waals surface area contributed by atoms with E-state index >= 15 is 0 Å². The van der Waals surface area contributed by atoms with Crippen molar-refractivity contribution < 1.29 is 13.7 Å². The van der Waals surface area contributed by atoms with Crippen molar-refractivity contribution in [2.75, 3.05) is 5.32 Å². The molecule has 0 aliphatic heterocycles. The number of benzene rings is 3. The number of rotatable bonds is 4. The van der Waals surface area contributed by atoms with Gasteiger partial charge in [-0.15, -0.1) is 0 Å². The summed E-state index contributed by atoms with van der Waals surface area (Å²) < 4.78 is 18.5. The predicted octanol–water partition coefficient (Wildman–Crippen LogP) is 5.10. The number of hydrogen-bond acceptors (Lipinski definition) is 4. The fraction of sp³-hybridized carbons (Fsp3) is 0.0455. The molecular formula is C22H16FN3O2. The number of para-hydroxylation sites is 1. The molecule has 138 valence electrons. The average molecular weight is 373 g/mol. The number of carbonyl (C=O) groups is 1. The van der Waals surface area contributed by atoms with Gasteiger partial charge in [-0.25, -0.2) is 4.39 Å². The van der Waals surface area contributed by atoms with Crippen molar-refractivity contribution in [1.29, 1.82) is 0 Å². The quantitative estimate of drug-likeness (QED) is 0.540. The minimum Gasteiger partial charge on any atom is -0.334 e. The lowest BCUT2D eigenvalue weighted by Crippen LogP contribution is -2.12. The Morgan fingerprint density at radius 1 is 0.964 bits per heavy atom. The van der Waals surface area contributed by atoms with Gasteiger partial charge in [0.25, 0.3) is 11.8 Å². The molecule has 28 heavy (non-hydrogen) atoms. The molecule has 0 aliphatic rings. The summed E-state index contributed by atoms with van der Waals surface area (Å²) in [4.78, 5) is 16.9. The third-order valence-electron chi connectivity index (χ3n) is 4.25. The molecule has 0 unspecified atom stereocenters. The van der Waals surface area contributed by atoms with Gasteiger partial charge in [0.2, 0.25) is 5.82 Å². The number of aromatic nitrogens is 2. The maximum Gasteiger partial charge on any atom is 0.260 e. The second-order valence-corrected chi connectivity index (χ2v) is 6.30. The highest BCUT2D eigenvalue weighted by Gasteiger charge is 2.16. The van der Waals surface area contributed by atoms with Crippen LogP contribution in [-0.2, 0) is 0 Å². The monoisotopic (exact) mass is 373 g/mol. The van der Waals surface area contributed by atoms with Crippen molar-refractivity contribution in [2.45, 2.75) is 6.92 Å². The number of amides is 1. The summed E-state index contributed by atoms with van der Waals surface area (Å²) in [6.07, 6.45) is 0. The van der Waals surface area contributed by atoms with Crippen LogP contribution >= 0.6 is 0 Å². The Bertz CT molecular complexity index is 1120. The minimum absolute atomic E-state index is 0.297. The molecule has 1 N–H and O–H groups in total. The highest BCUT2D eigenvalue weighted by atomic mass is 19.1. The standard InChI is InChI=1S/C22H16FN3O2/c1-14-6-8-15(9-7-14)20-25-22(28-26-20)18-4-2-3-5-19(18)24-21(27)16-10-12-17(23)13-11-16/h2-13H,1H3,(H,24,27). The van der Waals surface area contributed by atoms with Crippen LogP contribution in [0.25, 0.3) is 22.8 Å². The van der Waals surface area contributed by atoms with Crippen LogP contribution in [0.2, 0.25) is 0 Å². The van der Waals surface area contributed by atoms with Gasteiger partial charge in [0.05, 0.1) is 11.3 Å². The predicted molar refractivity (Wildman–Crippen MR) is 104 cm³/mol. The highest BCUT2D eigenvalue weighted by molar-refractivity contribution is 6.05. The first-order valence-electron chi connectivity index (χ1n) is 8.67. The molecule has 0 atom stereocenters. The van der Waals surface area contributed by atoms with Crippen molar-refractivity contribution in [3.05, 3.63) is 89.7 Å². The summed E-state index contributed by atoms with van der Waals surface area (Å²) >= 11 is 0. The lowest BCUT2D eigenvalue weighted by atomic mass is 10.1. The summed E-state index contributed by atoms with van der Waals surface area (Å²) in [5.74, 6) is 0.0115. The molecule has 1 aromatic heterocycles. The van der Waals surface area contributed by atoms with Gasteiger partial charge in [-0.1, -0.05) is 47.1 Å². The number of carbonyl (C=O) groups excluding carboxylic acids is 1. The number of aryl methyl sites for hydroxylation is 1. The normalized spacial score (nSPS) is 10.6. The zero-order chi connectivity index (χ0) is 19.5. The SMILES string of the molecule is Cc1ccc(-c2noc(-c3ccccc3NC(=O)c3ccc(F)cc3)n2)cc1. The topological polar surface area (TPSA) is 68.0 Å². The number of nitrogens with zero attached hydrogens (tertiary/aromatic N) is 2. The maximum absolute atomic E-state index is 13.1. The zero-order valence-electron chi connectivity index (χ0n) is 15.0. The molecule has 0 spiro atoms. The van der Waals surface area contributed by atoms with Gasteiger partial charge in [-0.2, -0.15) is 4.98 Å². The fourth-order valence-electron chi connectivity index (χ4n) is 2.73. The maximum atomic E-state index is 13.1. The lowest BCUT2D eigenvalue weighted by molar-refractivity contribution is 0.102. The third kappa shape index (κ3) is 3.66. The highest BCUT2D eigenvalue weighted by Crippen LogP contribution is 2.29. The lowest BCUT2D eigenvalue weighted by Gasteiger charge is -2.08. The molecule has 1 heterocycles. The number of nitrogens with one attached hydrogen (secondary N) is 1. The van der Waals surface area contributed by atoms with Gasteiger partial charge < -0.3 is 9.84 Å². The van der Waals surface area contributed by atoms with Crippen molar-refractivity contribution in [3.63, 3.8) is 0 Å². The molecule has 0 fully saturated rings. The molecule has 1 amide bonds. The molecule has 4 aromatic rings. The largest absolute Gasteiger partial charge is 0.334 e. The van der Waals surface area contributed by atoms with Gasteiger partial charge in [-0.05, 0) is 43.3 Å². The van der Waals surface area contributed by atoms with Crippen LogP contribution in [0.15, 0.2) is 77.3 Å². The Kier molecular flexibility index (Phi) is 4.68. The van der Waals surface area contributed by atoms with Crippen LogP contribution in [0.5, 0.6) is 0 Å². The van der Waals surface area contributed by atoms with Gasteiger partial charge >= 0.3 is 0 Å². The molecule has 0 bridgehead atoms. The summed E-state index contributed by atoms with van der Waals surface area (Å²) in [5, 5.41) is 6.85. The molecule has 0 saturated heterocycles. The molecule has 0 saturated carbocycles. The van der Waals surface area contributed by atoms with E-state index in [1.54, 1.807) is 18.2 Å². The van der Waals surface area contributed by atoms with E-state index in [2.05, 4.69) is 15.5 Å². The molecule has 4 rings (SSSR count). The Balaban J connectivity index is 1.62. The van der Waals surface area contributed by atoms with Crippen molar-refractivity contribution >= 4 is 11.6 Å². The van der Waals surface area contributed by atoms with Crippen molar-refractivity contribution in [3.8, 4) is 22.8 Å². The molecule has 3 aromatic carbocycles. The van der Waals surface area contributed by atoms with Crippen molar-refractivity contribution in [1.82, 2.24) is 10.1 Å². The van der Waals surface area contributed by atoms with Gasteiger partial charge in [0.1, 0.15) is 5.82 Å². The first-order valence-corrected chi connectivity index (χ1v) is 8.67. The Labute approximate surface area is 160 Å². The van der Waals surface area contributed by atoms with E-state index in [4.69, 9.17) is 4.52 Å². The zero-order valence-corrected chi connectivity index (χ0v) is 15.0. The fourth-order valence-corrected chi connectivity index (χ4v) is 2.73.